The van der Waals surface area contributed by atoms with Crippen LogP contribution in [0.25, 0.3) is 10.8 Å². The van der Waals surface area contributed by atoms with E-state index in [9.17, 15) is 10.1 Å². The Hall–Kier alpha value is -3.36. The van der Waals surface area contributed by atoms with Crippen molar-refractivity contribution >= 4 is 22.4 Å². The van der Waals surface area contributed by atoms with Gasteiger partial charge in [0, 0.05) is 6.54 Å². The molecule has 0 saturated carbocycles. The number of benzene rings is 3. The fraction of sp³-hybridized carbons (Fsp3) is 0.217. The van der Waals surface area contributed by atoms with Gasteiger partial charge in [0.2, 0.25) is 5.91 Å². The first-order valence-corrected chi connectivity index (χ1v) is 9.08. The molecule has 1 N–H and O–H groups in total. The van der Waals surface area contributed by atoms with Crippen LogP contribution in [0.3, 0.4) is 0 Å². The molecule has 1 amide bonds. The Morgan fingerprint density at radius 2 is 1.86 bits per heavy atom. The lowest BCUT2D eigenvalue weighted by Crippen LogP contribution is -2.39. The third kappa shape index (κ3) is 4.30. The van der Waals surface area contributed by atoms with Crippen LogP contribution in [0.2, 0.25) is 0 Å². The first-order chi connectivity index (χ1) is 13.5. The summed E-state index contributed by atoms with van der Waals surface area (Å²) in [5.74, 6) is 0.691. The molecular weight excluding hydrogens is 350 g/mol. The first kappa shape index (κ1) is 19.4. The molecule has 3 rings (SSSR count). The second-order valence-electron chi connectivity index (χ2n) is 6.79. The number of carbonyl (C=O) groups is 1. The van der Waals surface area contributed by atoms with Crippen molar-refractivity contribution < 1.29 is 9.53 Å². The summed E-state index contributed by atoms with van der Waals surface area (Å²) in [7, 11) is 3.57. The van der Waals surface area contributed by atoms with Gasteiger partial charge in [0.1, 0.15) is 11.8 Å². The monoisotopic (exact) mass is 373 g/mol. The van der Waals surface area contributed by atoms with Crippen molar-refractivity contribution in [2.24, 2.45) is 0 Å². The number of nitrogens with zero attached hydrogens (tertiary/aromatic N) is 2. The Labute approximate surface area is 165 Å². The number of nitrogens with one attached hydrogen (secondary N) is 1. The summed E-state index contributed by atoms with van der Waals surface area (Å²) in [5, 5.41) is 14.3. The van der Waals surface area contributed by atoms with Crippen LogP contribution in [0.4, 0.5) is 5.69 Å². The number of fused-ring (bicyclic) bond motifs is 1. The van der Waals surface area contributed by atoms with Crippen LogP contribution in [0.15, 0.2) is 60.7 Å². The molecule has 5 heteroatoms. The number of carbonyl (C=O) groups excluding carboxylic acids is 1. The predicted octanol–water partition coefficient (Wildman–Crippen LogP) is 4.18. The highest BCUT2D eigenvalue weighted by Crippen LogP contribution is 2.23. The standard InChI is InChI=1S/C23H23N3O2/c1-16(23(27)25-22-7-5-4-6-20(22)14-24)26(2)15-17-8-9-19-13-21(28-3)11-10-18(19)12-17/h4-13,16H,15H2,1-3H3,(H,25,27). The minimum atomic E-state index is -0.349. The third-order valence-electron chi connectivity index (χ3n) is 4.89. The van der Waals surface area contributed by atoms with Crippen molar-refractivity contribution in [2.45, 2.75) is 19.5 Å². The molecule has 3 aromatic rings. The molecule has 0 heterocycles. The van der Waals surface area contributed by atoms with Crippen LogP contribution >= 0.6 is 0 Å². The number of amides is 1. The van der Waals surface area contributed by atoms with E-state index in [-0.39, 0.29) is 11.9 Å². The maximum atomic E-state index is 12.6. The molecule has 28 heavy (non-hydrogen) atoms. The zero-order chi connectivity index (χ0) is 20.1. The minimum Gasteiger partial charge on any atom is -0.497 e. The van der Waals surface area contributed by atoms with Crippen LogP contribution in [-0.2, 0) is 11.3 Å². The summed E-state index contributed by atoms with van der Waals surface area (Å²) in [6.07, 6.45) is 0. The van der Waals surface area contributed by atoms with Crippen LogP contribution < -0.4 is 10.1 Å². The molecule has 3 aromatic carbocycles. The van der Waals surface area contributed by atoms with E-state index in [0.717, 1.165) is 22.1 Å². The normalized spacial score (nSPS) is 11.8. The van der Waals surface area contributed by atoms with E-state index in [1.165, 1.54) is 0 Å². The Balaban J connectivity index is 1.69. The molecule has 142 valence electrons. The number of ether oxygens (including phenoxy) is 1. The Morgan fingerprint density at radius 1 is 1.14 bits per heavy atom. The van der Waals surface area contributed by atoms with Gasteiger partial charge in [-0.15, -0.1) is 0 Å². The van der Waals surface area contributed by atoms with Gasteiger partial charge in [-0.05, 0) is 60.6 Å². The second kappa shape index (κ2) is 8.55. The number of likely N-dealkylation sites (N-methyl/N-ethyl adjacent to an activating group) is 1. The zero-order valence-corrected chi connectivity index (χ0v) is 16.3. The van der Waals surface area contributed by atoms with Crippen LogP contribution in [-0.4, -0.2) is 31.0 Å². The summed E-state index contributed by atoms with van der Waals surface area (Å²) in [5.41, 5.74) is 2.11. The van der Waals surface area contributed by atoms with E-state index in [0.29, 0.717) is 17.8 Å². The Morgan fingerprint density at radius 3 is 2.61 bits per heavy atom. The SMILES string of the molecule is COc1ccc2cc(CN(C)C(C)C(=O)Nc3ccccc3C#N)ccc2c1. The highest BCUT2D eigenvalue weighted by atomic mass is 16.5. The van der Waals surface area contributed by atoms with E-state index in [4.69, 9.17) is 4.74 Å². The van der Waals surface area contributed by atoms with Gasteiger partial charge in [0.25, 0.3) is 0 Å². The number of hydrogen-bond acceptors (Lipinski definition) is 4. The average Bonchev–Trinajstić information content (AvgIpc) is 2.73. The quantitative estimate of drug-likeness (QED) is 0.704. The summed E-state index contributed by atoms with van der Waals surface area (Å²) in [4.78, 5) is 14.6. The van der Waals surface area contributed by atoms with E-state index >= 15 is 0 Å². The molecule has 1 atom stereocenters. The fourth-order valence-corrected chi connectivity index (χ4v) is 3.05. The van der Waals surface area contributed by atoms with E-state index in [1.807, 2.05) is 37.1 Å². The number of nitriles is 1. The summed E-state index contributed by atoms with van der Waals surface area (Å²) < 4.78 is 5.27. The van der Waals surface area contributed by atoms with Gasteiger partial charge in [0.05, 0.1) is 24.4 Å². The molecule has 0 radical (unpaired) electrons. The number of para-hydroxylation sites is 1. The third-order valence-corrected chi connectivity index (χ3v) is 4.89. The molecule has 5 nitrogen and oxygen atoms in total. The van der Waals surface area contributed by atoms with E-state index in [2.05, 4.69) is 29.6 Å². The van der Waals surface area contributed by atoms with Gasteiger partial charge in [-0.25, -0.2) is 0 Å². The number of methoxy groups -OCH3 is 1. The fourth-order valence-electron chi connectivity index (χ4n) is 3.05. The number of hydrogen-bond donors (Lipinski definition) is 1. The van der Waals surface area contributed by atoms with Crippen molar-refractivity contribution in [3.05, 3.63) is 71.8 Å². The largest absolute Gasteiger partial charge is 0.497 e. The van der Waals surface area contributed by atoms with E-state index in [1.54, 1.807) is 31.4 Å². The lowest BCUT2D eigenvalue weighted by Gasteiger charge is -2.24. The van der Waals surface area contributed by atoms with Crippen LogP contribution in [0.5, 0.6) is 5.75 Å². The van der Waals surface area contributed by atoms with Crippen molar-refractivity contribution in [2.75, 3.05) is 19.5 Å². The summed E-state index contributed by atoms with van der Waals surface area (Å²) >= 11 is 0. The number of anilines is 1. The van der Waals surface area contributed by atoms with Crippen molar-refractivity contribution in [3.8, 4) is 11.8 Å². The lowest BCUT2D eigenvalue weighted by atomic mass is 10.1. The van der Waals surface area contributed by atoms with Crippen LogP contribution in [0.1, 0.15) is 18.1 Å². The summed E-state index contributed by atoms with van der Waals surface area (Å²) in [6, 6.07) is 21.0. The van der Waals surface area contributed by atoms with Crippen molar-refractivity contribution in [3.63, 3.8) is 0 Å². The highest BCUT2D eigenvalue weighted by Gasteiger charge is 2.19. The van der Waals surface area contributed by atoms with Gasteiger partial charge >= 0.3 is 0 Å². The van der Waals surface area contributed by atoms with Gasteiger partial charge in [0.15, 0.2) is 0 Å². The molecule has 0 aliphatic rings. The number of rotatable bonds is 6. The molecule has 0 saturated heterocycles. The highest BCUT2D eigenvalue weighted by molar-refractivity contribution is 5.95. The van der Waals surface area contributed by atoms with E-state index < -0.39 is 0 Å². The van der Waals surface area contributed by atoms with Gasteiger partial charge < -0.3 is 10.1 Å². The average molecular weight is 373 g/mol. The molecule has 1 unspecified atom stereocenters. The minimum absolute atomic E-state index is 0.143. The van der Waals surface area contributed by atoms with Gasteiger partial charge in [-0.3, -0.25) is 9.69 Å². The first-order valence-electron chi connectivity index (χ1n) is 9.08. The van der Waals surface area contributed by atoms with Crippen molar-refractivity contribution in [1.82, 2.24) is 4.90 Å². The molecule has 0 spiro atoms. The molecule has 0 bridgehead atoms. The maximum absolute atomic E-state index is 12.6. The molecule has 0 fully saturated rings. The van der Waals surface area contributed by atoms with Crippen molar-refractivity contribution in [1.29, 1.82) is 5.26 Å². The molecular formula is C23H23N3O2. The second-order valence-corrected chi connectivity index (χ2v) is 6.79. The maximum Gasteiger partial charge on any atom is 0.241 e. The predicted molar refractivity (Wildman–Crippen MR) is 111 cm³/mol. The van der Waals surface area contributed by atoms with Crippen LogP contribution in [0, 0.1) is 11.3 Å². The lowest BCUT2D eigenvalue weighted by molar-refractivity contribution is -0.120. The summed E-state index contributed by atoms with van der Waals surface area (Å²) in [6.45, 7) is 2.49. The van der Waals surface area contributed by atoms with Gasteiger partial charge in [-0.2, -0.15) is 5.26 Å². The van der Waals surface area contributed by atoms with Gasteiger partial charge in [-0.1, -0.05) is 30.3 Å². The Kier molecular flexibility index (Phi) is 5.93. The smallest absolute Gasteiger partial charge is 0.241 e. The Bertz CT molecular complexity index is 1040. The molecule has 0 aliphatic carbocycles. The molecule has 0 aromatic heterocycles. The topological polar surface area (TPSA) is 65.4 Å². The zero-order valence-electron chi connectivity index (χ0n) is 16.3. The molecule has 0 aliphatic heterocycles.